The Morgan fingerprint density at radius 2 is 1.97 bits per heavy atom. The second kappa shape index (κ2) is 9.75. The third-order valence-electron chi connectivity index (χ3n) is 5.92. The number of rotatable bonds is 7. The number of methoxy groups -OCH3 is 2. The first-order valence-corrected chi connectivity index (χ1v) is 11.5. The summed E-state index contributed by atoms with van der Waals surface area (Å²) in [6.45, 7) is 4.31. The molecule has 1 aliphatic rings. The number of nitrogens with zero attached hydrogens (tertiary/aromatic N) is 3. The zero-order chi connectivity index (χ0) is 22.7. The topological polar surface area (TPSA) is 68.0 Å². The first kappa shape index (κ1) is 22.4. The summed E-state index contributed by atoms with van der Waals surface area (Å²) in [4.78, 5) is 23.4. The van der Waals surface area contributed by atoms with E-state index in [0.29, 0.717) is 22.9 Å². The molecule has 1 fully saturated rings. The van der Waals surface area contributed by atoms with Gasteiger partial charge in [0.15, 0.2) is 11.5 Å². The van der Waals surface area contributed by atoms with Crippen LogP contribution in [0.2, 0.25) is 0 Å². The molecule has 1 saturated heterocycles. The maximum atomic E-state index is 13.7. The second-order valence-electron chi connectivity index (χ2n) is 8.05. The molecule has 0 radical (unpaired) electrons. The van der Waals surface area contributed by atoms with E-state index in [-0.39, 0.29) is 11.9 Å². The number of amides is 1. The van der Waals surface area contributed by atoms with Crippen molar-refractivity contribution in [3.63, 3.8) is 0 Å². The number of piperidine rings is 1. The fraction of sp³-hybridized carbons (Fsp3) is 0.417. The predicted molar refractivity (Wildman–Crippen MR) is 124 cm³/mol. The lowest BCUT2D eigenvalue weighted by Crippen LogP contribution is -2.46. The number of carbonyl (C=O) groups excluding carboxylic acids is 1. The number of furan rings is 1. The molecule has 4 rings (SSSR count). The summed E-state index contributed by atoms with van der Waals surface area (Å²) >= 11 is 1.42. The highest BCUT2D eigenvalue weighted by Crippen LogP contribution is 2.36. The maximum Gasteiger partial charge on any atom is 0.266 e. The standard InChI is InChI=1S/C24H29N3O4S/c1-16-22(32-23(25-16)17-7-8-20(29-3)21(14-17)30-4)24(28)27(15-19-6-5-13-31-19)18-9-11-26(2)12-10-18/h5-8,13-14,18H,9-12,15H2,1-4H3. The molecule has 0 aliphatic carbocycles. The Bertz CT molecular complexity index is 1060. The van der Waals surface area contributed by atoms with Crippen LogP contribution in [0.1, 0.15) is 34.0 Å². The van der Waals surface area contributed by atoms with E-state index in [1.165, 1.54) is 11.3 Å². The molecular weight excluding hydrogens is 426 g/mol. The summed E-state index contributed by atoms with van der Waals surface area (Å²) in [7, 11) is 5.34. The molecular formula is C24H29N3O4S. The summed E-state index contributed by atoms with van der Waals surface area (Å²) in [5, 5.41) is 0.785. The molecule has 8 heteroatoms. The lowest BCUT2D eigenvalue weighted by Gasteiger charge is -2.36. The molecule has 0 atom stereocenters. The van der Waals surface area contributed by atoms with Crippen LogP contribution in [0.25, 0.3) is 10.6 Å². The van der Waals surface area contributed by atoms with Crippen LogP contribution in [0.4, 0.5) is 0 Å². The van der Waals surface area contributed by atoms with E-state index in [1.54, 1.807) is 20.5 Å². The van der Waals surface area contributed by atoms with Gasteiger partial charge >= 0.3 is 0 Å². The van der Waals surface area contributed by atoms with Gasteiger partial charge in [0.2, 0.25) is 0 Å². The second-order valence-corrected chi connectivity index (χ2v) is 9.05. The minimum atomic E-state index is 0.0117. The van der Waals surface area contributed by atoms with E-state index in [4.69, 9.17) is 18.9 Å². The van der Waals surface area contributed by atoms with Gasteiger partial charge in [-0.1, -0.05) is 0 Å². The van der Waals surface area contributed by atoms with Crippen molar-refractivity contribution in [2.75, 3.05) is 34.4 Å². The van der Waals surface area contributed by atoms with Crippen LogP contribution in [0.5, 0.6) is 11.5 Å². The van der Waals surface area contributed by atoms with Gasteiger partial charge in [0, 0.05) is 11.6 Å². The zero-order valence-corrected chi connectivity index (χ0v) is 19.8. The molecule has 0 N–H and O–H groups in total. The first-order valence-electron chi connectivity index (χ1n) is 10.7. The van der Waals surface area contributed by atoms with Gasteiger partial charge in [-0.05, 0) is 70.2 Å². The van der Waals surface area contributed by atoms with E-state index in [0.717, 1.165) is 48.0 Å². The summed E-state index contributed by atoms with van der Waals surface area (Å²) < 4.78 is 16.3. The Morgan fingerprint density at radius 1 is 1.22 bits per heavy atom. The van der Waals surface area contributed by atoms with Crippen molar-refractivity contribution >= 4 is 17.2 Å². The van der Waals surface area contributed by atoms with Gasteiger partial charge in [-0.2, -0.15) is 0 Å². The predicted octanol–water partition coefficient (Wildman–Crippen LogP) is 4.47. The SMILES string of the molecule is COc1ccc(-c2nc(C)c(C(=O)N(Cc3ccco3)C3CCN(C)CC3)s2)cc1OC. The van der Waals surface area contributed by atoms with Crippen molar-refractivity contribution in [1.82, 2.24) is 14.8 Å². The van der Waals surface area contributed by atoms with Gasteiger partial charge in [-0.3, -0.25) is 4.79 Å². The van der Waals surface area contributed by atoms with Gasteiger partial charge in [-0.15, -0.1) is 11.3 Å². The Labute approximate surface area is 192 Å². The number of ether oxygens (including phenoxy) is 2. The summed E-state index contributed by atoms with van der Waals surface area (Å²) in [6, 6.07) is 9.64. The number of thiazole rings is 1. The van der Waals surface area contributed by atoms with E-state index < -0.39 is 0 Å². The van der Waals surface area contributed by atoms with Crippen molar-refractivity contribution in [2.45, 2.75) is 32.4 Å². The van der Waals surface area contributed by atoms with Gasteiger partial charge in [-0.25, -0.2) is 4.98 Å². The number of aromatic nitrogens is 1. The van der Waals surface area contributed by atoms with Crippen molar-refractivity contribution in [3.05, 3.63) is 52.9 Å². The number of likely N-dealkylation sites (tertiary alicyclic amines) is 1. The molecule has 3 aromatic rings. The number of carbonyl (C=O) groups is 1. The van der Waals surface area contributed by atoms with Crippen molar-refractivity contribution in [2.24, 2.45) is 0 Å². The highest BCUT2D eigenvalue weighted by Gasteiger charge is 2.31. The number of benzene rings is 1. The molecule has 1 aromatic carbocycles. The monoisotopic (exact) mass is 455 g/mol. The number of hydrogen-bond donors (Lipinski definition) is 0. The van der Waals surface area contributed by atoms with Crippen LogP contribution in [-0.2, 0) is 6.54 Å². The van der Waals surface area contributed by atoms with Gasteiger partial charge in [0.1, 0.15) is 15.6 Å². The molecule has 3 heterocycles. The summed E-state index contributed by atoms with van der Waals surface area (Å²) in [5.74, 6) is 2.10. The number of hydrogen-bond acceptors (Lipinski definition) is 7. The van der Waals surface area contributed by atoms with Crippen molar-refractivity contribution in [1.29, 1.82) is 0 Å². The van der Waals surface area contributed by atoms with Crippen LogP contribution >= 0.6 is 11.3 Å². The van der Waals surface area contributed by atoms with Crippen LogP contribution in [0, 0.1) is 6.92 Å². The van der Waals surface area contributed by atoms with Crippen LogP contribution in [-0.4, -0.2) is 61.1 Å². The average molecular weight is 456 g/mol. The molecule has 7 nitrogen and oxygen atoms in total. The third-order valence-corrected chi connectivity index (χ3v) is 7.11. The Balaban J connectivity index is 1.63. The quantitative estimate of drug-likeness (QED) is 0.524. The van der Waals surface area contributed by atoms with E-state index in [9.17, 15) is 4.79 Å². The molecule has 170 valence electrons. The fourth-order valence-corrected chi connectivity index (χ4v) is 5.08. The summed E-state index contributed by atoms with van der Waals surface area (Å²) in [6.07, 6.45) is 3.55. The molecule has 0 saturated carbocycles. The Morgan fingerprint density at radius 3 is 2.62 bits per heavy atom. The lowest BCUT2D eigenvalue weighted by atomic mass is 10.0. The molecule has 0 unspecified atom stereocenters. The van der Waals surface area contributed by atoms with Gasteiger partial charge < -0.3 is 23.7 Å². The Hall–Kier alpha value is -2.84. The van der Waals surface area contributed by atoms with E-state index in [2.05, 4.69) is 11.9 Å². The molecule has 0 bridgehead atoms. The van der Waals surface area contributed by atoms with Crippen LogP contribution in [0.3, 0.4) is 0 Å². The lowest BCUT2D eigenvalue weighted by molar-refractivity contribution is 0.0554. The van der Waals surface area contributed by atoms with Crippen molar-refractivity contribution < 1.29 is 18.7 Å². The fourth-order valence-electron chi connectivity index (χ4n) is 4.06. The van der Waals surface area contributed by atoms with Gasteiger partial charge in [0.05, 0.1) is 32.7 Å². The average Bonchev–Trinajstić information content (AvgIpc) is 3.47. The van der Waals surface area contributed by atoms with Crippen LogP contribution in [0.15, 0.2) is 41.0 Å². The van der Waals surface area contributed by atoms with Crippen LogP contribution < -0.4 is 9.47 Å². The van der Waals surface area contributed by atoms with Crippen molar-refractivity contribution in [3.8, 4) is 22.1 Å². The molecule has 2 aromatic heterocycles. The molecule has 1 amide bonds. The maximum absolute atomic E-state index is 13.7. The molecule has 32 heavy (non-hydrogen) atoms. The normalized spacial score (nSPS) is 15.0. The highest BCUT2D eigenvalue weighted by molar-refractivity contribution is 7.17. The van der Waals surface area contributed by atoms with E-state index >= 15 is 0 Å². The molecule has 0 spiro atoms. The van der Waals surface area contributed by atoms with E-state index in [1.807, 2.05) is 42.2 Å². The molecule has 1 aliphatic heterocycles. The smallest absolute Gasteiger partial charge is 0.266 e. The summed E-state index contributed by atoms with van der Waals surface area (Å²) in [5.41, 5.74) is 1.63. The zero-order valence-electron chi connectivity index (χ0n) is 19.0. The minimum Gasteiger partial charge on any atom is -0.493 e. The Kier molecular flexibility index (Phi) is 6.81. The first-order chi connectivity index (χ1) is 15.5. The highest BCUT2D eigenvalue weighted by atomic mass is 32.1. The largest absolute Gasteiger partial charge is 0.493 e. The minimum absolute atomic E-state index is 0.0117. The number of aryl methyl sites for hydroxylation is 1. The van der Waals surface area contributed by atoms with Gasteiger partial charge in [0.25, 0.3) is 5.91 Å². The third kappa shape index (κ3) is 4.66.